The monoisotopic (exact) mass is 246 g/mol. The van der Waals surface area contributed by atoms with Gasteiger partial charge >= 0.3 is 0 Å². The van der Waals surface area contributed by atoms with Crippen LogP contribution in [0.5, 0.6) is 0 Å². The van der Waals surface area contributed by atoms with E-state index in [0.29, 0.717) is 0 Å². The van der Waals surface area contributed by atoms with E-state index in [-0.39, 0.29) is 0 Å². The van der Waals surface area contributed by atoms with E-state index in [0.717, 1.165) is 5.57 Å². The topological polar surface area (TPSA) is 0 Å². The lowest BCUT2D eigenvalue weighted by Gasteiger charge is -1.88. The molecule has 0 radical (unpaired) electrons. The average Bonchev–Trinajstić information content (AvgIpc) is 2.43. The van der Waals surface area contributed by atoms with Gasteiger partial charge in [-0.05, 0) is 19.4 Å². The van der Waals surface area contributed by atoms with Gasteiger partial charge in [0.1, 0.15) is 0 Å². The van der Waals surface area contributed by atoms with Crippen molar-refractivity contribution in [1.82, 2.24) is 0 Å². The van der Waals surface area contributed by atoms with Gasteiger partial charge in [0.2, 0.25) is 0 Å². The van der Waals surface area contributed by atoms with Crippen LogP contribution in [0.2, 0.25) is 0 Å². The SMILES string of the molecule is C=C/C=C(\C=C/C)/C=C/C=C\C=C/C.CC.CC. The number of hydrogen-bond donors (Lipinski definition) is 0. The molecule has 0 nitrogen and oxygen atoms in total. The smallest absolute Gasteiger partial charge is 0.0260 e. The maximum Gasteiger partial charge on any atom is -0.0260 e. The highest BCUT2D eigenvalue weighted by Crippen LogP contribution is 1.99. The van der Waals surface area contributed by atoms with E-state index >= 15 is 0 Å². The lowest BCUT2D eigenvalue weighted by atomic mass is 10.2. The minimum atomic E-state index is 1.15. The van der Waals surface area contributed by atoms with Crippen LogP contribution in [0.4, 0.5) is 0 Å². The Bertz CT molecular complexity index is 283. The third-order valence-electron chi connectivity index (χ3n) is 1.48. The van der Waals surface area contributed by atoms with Crippen molar-refractivity contribution in [2.45, 2.75) is 41.5 Å². The van der Waals surface area contributed by atoms with Gasteiger partial charge in [0.25, 0.3) is 0 Å². The molecule has 0 aromatic rings. The van der Waals surface area contributed by atoms with Gasteiger partial charge in [0.15, 0.2) is 0 Å². The summed E-state index contributed by atoms with van der Waals surface area (Å²) in [5.74, 6) is 0. The summed E-state index contributed by atoms with van der Waals surface area (Å²) in [6.45, 7) is 15.7. The molecule has 102 valence electrons. The quantitative estimate of drug-likeness (QED) is 0.491. The fourth-order valence-corrected chi connectivity index (χ4v) is 0.901. The van der Waals surface area contributed by atoms with Crippen LogP contribution < -0.4 is 0 Å². The molecule has 0 rings (SSSR count). The van der Waals surface area contributed by atoms with Crippen LogP contribution >= 0.6 is 0 Å². The van der Waals surface area contributed by atoms with Crippen LogP contribution in [-0.4, -0.2) is 0 Å². The highest BCUT2D eigenvalue weighted by molar-refractivity contribution is 5.34. The van der Waals surface area contributed by atoms with Crippen LogP contribution in [-0.2, 0) is 0 Å². The summed E-state index contributed by atoms with van der Waals surface area (Å²) in [6, 6.07) is 0. The Morgan fingerprint density at radius 3 is 1.72 bits per heavy atom. The Kier molecular flexibility index (Phi) is 29.7. The Balaban J connectivity index is -0.000000506. The van der Waals surface area contributed by atoms with E-state index in [4.69, 9.17) is 0 Å². The van der Waals surface area contributed by atoms with Crippen molar-refractivity contribution in [3.8, 4) is 0 Å². The molecule has 0 aromatic carbocycles. The van der Waals surface area contributed by atoms with Crippen molar-refractivity contribution in [3.63, 3.8) is 0 Å². The molecule has 0 saturated heterocycles. The first-order chi connectivity index (χ1) is 8.85. The average molecular weight is 246 g/mol. The third-order valence-corrected chi connectivity index (χ3v) is 1.48. The molecule has 0 heterocycles. The maximum atomic E-state index is 3.67. The zero-order valence-corrected chi connectivity index (χ0v) is 13.0. The molecule has 0 fully saturated rings. The largest absolute Gasteiger partial charge is 0.0990 e. The predicted octanol–water partition coefficient (Wildman–Crippen LogP) is 6.42. The van der Waals surface area contributed by atoms with Crippen molar-refractivity contribution >= 4 is 0 Å². The summed E-state index contributed by atoms with van der Waals surface area (Å²) in [4.78, 5) is 0. The molecule has 0 aliphatic rings. The second kappa shape index (κ2) is 24.6. The molecular weight excluding hydrogens is 216 g/mol. The summed E-state index contributed by atoms with van der Waals surface area (Å²) < 4.78 is 0. The Labute approximate surface area is 115 Å². The highest BCUT2D eigenvalue weighted by Gasteiger charge is 1.79. The predicted molar refractivity (Wildman–Crippen MR) is 88.9 cm³/mol. The van der Waals surface area contributed by atoms with Gasteiger partial charge in [-0.3, -0.25) is 0 Å². The molecule has 0 N–H and O–H groups in total. The molecule has 0 aromatic heterocycles. The van der Waals surface area contributed by atoms with E-state index in [1.165, 1.54) is 0 Å². The van der Waals surface area contributed by atoms with Crippen LogP contribution in [0.25, 0.3) is 0 Å². The minimum absolute atomic E-state index is 1.15. The second-order valence-corrected chi connectivity index (χ2v) is 2.67. The van der Waals surface area contributed by atoms with Crippen molar-refractivity contribution in [1.29, 1.82) is 0 Å². The summed E-state index contributed by atoms with van der Waals surface area (Å²) in [7, 11) is 0. The van der Waals surface area contributed by atoms with Gasteiger partial charge in [-0.1, -0.05) is 95.0 Å². The highest BCUT2D eigenvalue weighted by atomic mass is 13.9. The first-order valence-electron chi connectivity index (χ1n) is 6.76. The Hall–Kier alpha value is -1.56. The van der Waals surface area contributed by atoms with E-state index in [1.807, 2.05) is 96.2 Å². The Morgan fingerprint density at radius 1 is 0.722 bits per heavy atom. The molecule has 0 heteroatoms. The van der Waals surface area contributed by atoms with Crippen molar-refractivity contribution in [2.24, 2.45) is 0 Å². The van der Waals surface area contributed by atoms with Crippen molar-refractivity contribution < 1.29 is 0 Å². The molecule has 0 spiro atoms. The first-order valence-corrected chi connectivity index (χ1v) is 6.76. The fraction of sp³-hybridized carbons (Fsp3) is 0.333. The standard InChI is InChI=1S/C14H18.2C2H6/c1-4-7-8-9-10-13-14(11-5-2)12-6-3;2*1-2/h4-13H,2H2,1,3H3;2*1-2H3/b7-4-,9-8-,12-6-,13-10+,14-11+;;. The van der Waals surface area contributed by atoms with E-state index in [2.05, 4.69) is 6.58 Å². The van der Waals surface area contributed by atoms with Gasteiger partial charge < -0.3 is 0 Å². The maximum absolute atomic E-state index is 3.67. The molecule has 0 amide bonds. The van der Waals surface area contributed by atoms with Crippen LogP contribution in [0.3, 0.4) is 0 Å². The van der Waals surface area contributed by atoms with Crippen LogP contribution in [0.1, 0.15) is 41.5 Å². The first kappa shape index (κ1) is 21.7. The second-order valence-electron chi connectivity index (χ2n) is 2.67. The zero-order chi connectivity index (χ0) is 14.6. The number of hydrogen-bond acceptors (Lipinski definition) is 0. The van der Waals surface area contributed by atoms with E-state index < -0.39 is 0 Å². The van der Waals surface area contributed by atoms with E-state index in [9.17, 15) is 0 Å². The molecular formula is C18H30. The van der Waals surface area contributed by atoms with Crippen molar-refractivity contribution in [3.05, 3.63) is 72.9 Å². The summed E-state index contributed by atoms with van der Waals surface area (Å²) >= 11 is 0. The Morgan fingerprint density at radius 2 is 1.28 bits per heavy atom. The van der Waals surface area contributed by atoms with Gasteiger partial charge in [0.05, 0.1) is 0 Å². The lowest BCUT2D eigenvalue weighted by molar-refractivity contribution is 1.50. The fourth-order valence-electron chi connectivity index (χ4n) is 0.901. The molecule has 0 aliphatic carbocycles. The molecule has 18 heavy (non-hydrogen) atoms. The molecule has 0 bridgehead atoms. The zero-order valence-electron chi connectivity index (χ0n) is 13.0. The van der Waals surface area contributed by atoms with Gasteiger partial charge in [0, 0.05) is 0 Å². The minimum Gasteiger partial charge on any atom is -0.0990 e. The number of allylic oxidation sites excluding steroid dienone is 11. The normalized spacial score (nSPS) is 11.6. The molecule has 0 atom stereocenters. The molecule has 0 unspecified atom stereocenters. The van der Waals surface area contributed by atoms with Crippen LogP contribution in [0.15, 0.2) is 72.9 Å². The third kappa shape index (κ3) is 19.9. The molecule has 0 saturated carbocycles. The lowest BCUT2D eigenvalue weighted by Crippen LogP contribution is -1.68. The number of rotatable bonds is 5. The van der Waals surface area contributed by atoms with Crippen molar-refractivity contribution in [2.75, 3.05) is 0 Å². The summed E-state index contributed by atoms with van der Waals surface area (Å²) in [6.07, 6.45) is 19.9. The van der Waals surface area contributed by atoms with E-state index in [1.54, 1.807) is 6.08 Å². The molecule has 0 aliphatic heterocycles. The van der Waals surface area contributed by atoms with Gasteiger partial charge in [-0.25, -0.2) is 0 Å². The van der Waals surface area contributed by atoms with Gasteiger partial charge in [-0.2, -0.15) is 0 Å². The summed E-state index contributed by atoms with van der Waals surface area (Å²) in [5.41, 5.74) is 1.15. The summed E-state index contributed by atoms with van der Waals surface area (Å²) in [5, 5.41) is 0. The van der Waals surface area contributed by atoms with Gasteiger partial charge in [-0.15, -0.1) is 0 Å². The van der Waals surface area contributed by atoms with Crippen LogP contribution in [0, 0.1) is 0 Å².